The van der Waals surface area contributed by atoms with Crippen molar-refractivity contribution in [3.8, 4) is 0 Å². The Balaban J connectivity index is 1.74. The Kier molecular flexibility index (Phi) is 2.77. The highest BCUT2D eigenvalue weighted by atomic mass is 19.4. The van der Waals surface area contributed by atoms with Crippen LogP contribution in [0.1, 0.15) is 25.3 Å². The summed E-state index contributed by atoms with van der Waals surface area (Å²) in [5.74, 6) is -2.07. The van der Waals surface area contributed by atoms with Crippen molar-refractivity contribution in [3.05, 3.63) is 29.8 Å². The molecule has 3 aliphatic heterocycles. The Morgan fingerprint density at radius 2 is 2.00 bits per heavy atom. The Bertz CT molecular complexity index is 717. The van der Waals surface area contributed by atoms with E-state index < -0.39 is 41.0 Å². The molecule has 3 saturated heterocycles. The molecule has 1 aromatic rings. The number of rotatable bonds is 1. The first-order chi connectivity index (χ1) is 10.7. The van der Waals surface area contributed by atoms with Crippen LogP contribution in [0.2, 0.25) is 0 Å². The second-order valence-corrected chi connectivity index (χ2v) is 6.57. The van der Waals surface area contributed by atoms with Crippen molar-refractivity contribution in [1.82, 2.24) is 0 Å². The molecule has 7 heteroatoms. The second-order valence-electron chi connectivity index (χ2n) is 6.57. The predicted molar refractivity (Wildman–Crippen MR) is 73.4 cm³/mol. The third-order valence-corrected chi connectivity index (χ3v) is 5.19. The smallest absolute Gasteiger partial charge is 0.370 e. The minimum Gasteiger partial charge on any atom is -0.370 e. The van der Waals surface area contributed by atoms with Crippen molar-refractivity contribution >= 4 is 17.5 Å². The lowest BCUT2D eigenvalue weighted by Gasteiger charge is -2.26. The number of benzene rings is 1. The maximum Gasteiger partial charge on any atom is 0.416 e. The maximum atomic E-state index is 12.9. The summed E-state index contributed by atoms with van der Waals surface area (Å²) in [5, 5.41) is 0. The van der Waals surface area contributed by atoms with Crippen molar-refractivity contribution in [1.29, 1.82) is 0 Å². The van der Waals surface area contributed by atoms with E-state index in [0.29, 0.717) is 12.8 Å². The number of nitrogens with zero attached hydrogens (tertiary/aromatic N) is 1. The van der Waals surface area contributed by atoms with E-state index in [9.17, 15) is 22.8 Å². The van der Waals surface area contributed by atoms with Gasteiger partial charge < -0.3 is 4.74 Å². The van der Waals surface area contributed by atoms with Gasteiger partial charge in [-0.25, -0.2) is 4.90 Å². The van der Waals surface area contributed by atoms with Gasteiger partial charge in [-0.3, -0.25) is 9.59 Å². The normalized spacial score (nSPS) is 36.0. The molecule has 0 N–H and O–H groups in total. The molecular formula is C16H14F3NO3. The number of halogens is 3. The number of alkyl halides is 3. The van der Waals surface area contributed by atoms with Gasteiger partial charge >= 0.3 is 6.18 Å². The minimum absolute atomic E-state index is 0.0211. The van der Waals surface area contributed by atoms with Gasteiger partial charge in [0.1, 0.15) is 0 Å². The fourth-order valence-corrected chi connectivity index (χ4v) is 4.16. The zero-order valence-electron chi connectivity index (χ0n) is 12.3. The number of carbonyl (C=O) groups is 2. The van der Waals surface area contributed by atoms with Gasteiger partial charge in [0, 0.05) is 0 Å². The van der Waals surface area contributed by atoms with Gasteiger partial charge in [0.2, 0.25) is 11.8 Å². The standard InChI is InChI=1S/C16H14F3NO3/c1-15-6-5-10(23-15)11-12(15)14(22)20(13(11)21)9-4-2-3-8(7-9)16(17,18)19/h2-4,7,10-12H,5-6H2,1H3/t10-,11-,12+,15+/m0/s1. The second kappa shape index (κ2) is 4.35. The molecule has 0 radical (unpaired) electrons. The molecule has 4 rings (SSSR count). The minimum atomic E-state index is -4.52. The number of amides is 2. The van der Waals surface area contributed by atoms with Gasteiger partial charge in [-0.15, -0.1) is 0 Å². The third kappa shape index (κ3) is 1.89. The molecule has 0 unspecified atom stereocenters. The quantitative estimate of drug-likeness (QED) is 0.746. The van der Waals surface area contributed by atoms with Crippen LogP contribution in [0.5, 0.6) is 0 Å². The largest absolute Gasteiger partial charge is 0.416 e. The molecule has 0 spiro atoms. The SMILES string of the molecule is C[C@]12CC[C@H](O1)[C@@H]1C(=O)N(c3cccc(C(F)(F)F)c3)C(=O)[C@@H]12. The molecule has 23 heavy (non-hydrogen) atoms. The fourth-order valence-electron chi connectivity index (χ4n) is 4.16. The number of fused-ring (bicyclic) bond motifs is 5. The van der Waals surface area contributed by atoms with Gasteiger partial charge in [-0.1, -0.05) is 6.07 Å². The Hall–Kier alpha value is -1.89. The highest BCUT2D eigenvalue weighted by Gasteiger charge is 2.67. The predicted octanol–water partition coefficient (Wildman–Crippen LogP) is 2.76. The summed E-state index contributed by atoms with van der Waals surface area (Å²) >= 11 is 0. The van der Waals surface area contributed by atoms with Crippen LogP contribution in [0.4, 0.5) is 18.9 Å². The first kappa shape index (κ1) is 14.7. The summed E-state index contributed by atoms with van der Waals surface area (Å²) in [6.45, 7) is 1.80. The van der Waals surface area contributed by atoms with Gasteiger partial charge in [0.15, 0.2) is 0 Å². The molecule has 0 saturated carbocycles. The molecule has 4 nitrogen and oxygen atoms in total. The van der Waals surface area contributed by atoms with Gasteiger partial charge in [0.25, 0.3) is 0 Å². The Morgan fingerprint density at radius 1 is 1.26 bits per heavy atom. The van der Waals surface area contributed by atoms with Crippen LogP contribution < -0.4 is 4.90 Å². The van der Waals surface area contributed by atoms with E-state index in [-0.39, 0.29) is 11.8 Å². The number of imide groups is 1. The number of ether oxygens (including phenoxy) is 1. The summed E-state index contributed by atoms with van der Waals surface area (Å²) in [5.41, 5.74) is -1.58. The zero-order chi connectivity index (χ0) is 16.6. The summed E-state index contributed by atoms with van der Waals surface area (Å²) < 4.78 is 44.4. The van der Waals surface area contributed by atoms with Gasteiger partial charge in [0.05, 0.1) is 34.8 Å². The molecule has 4 atom stereocenters. The highest BCUT2D eigenvalue weighted by molar-refractivity contribution is 6.23. The molecule has 3 heterocycles. The van der Waals surface area contributed by atoms with Crippen LogP contribution in [-0.2, 0) is 20.5 Å². The molecule has 1 aromatic carbocycles. The van der Waals surface area contributed by atoms with Crippen LogP contribution in [0.3, 0.4) is 0 Å². The number of hydrogen-bond donors (Lipinski definition) is 0. The van der Waals surface area contributed by atoms with E-state index >= 15 is 0 Å². The lowest BCUT2D eigenvalue weighted by Crippen LogP contribution is -2.39. The fraction of sp³-hybridized carbons (Fsp3) is 0.500. The molecule has 0 aliphatic carbocycles. The molecule has 0 aromatic heterocycles. The number of carbonyl (C=O) groups excluding carboxylic acids is 2. The molecule has 2 amide bonds. The lowest BCUT2D eigenvalue weighted by molar-refractivity contribution is -0.137. The van der Waals surface area contributed by atoms with E-state index in [4.69, 9.17) is 4.74 Å². The first-order valence-corrected chi connectivity index (χ1v) is 7.45. The van der Waals surface area contributed by atoms with Crippen molar-refractivity contribution in [2.45, 2.75) is 37.6 Å². The molecule has 3 fully saturated rings. The Morgan fingerprint density at radius 3 is 2.65 bits per heavy atom. The molecule has 3 aliphatic rings. The zero-order valence-corrected chi connectivity index (χ0v) is 12.3. The van der Waals surface area contributed by atoms with Gasteiger partial charge in [-0.05, 0) is 38.0 Å². The van der Waals surface area contributed by atoms with Crippen molar-refractivity contribution < 1.29 is 27.5 Å². The van der Waals surface area contributed by atoms with Crippen LogP contribution in [0.15, 0.2) is 24.3 Å². The Labute approximate surface area is 130 Å². The van der Waals surface area contributed by atoms with Gasteiger partial charge in [-0.2, -0.15) is 13.2 Å². The van der Waals surface area contributed by atoms with E-state index in [1.807, 2.05) is 0 Å². The van der Waals surface area contributed by atoms with E-state index in [2.05, 4.69) is 0 Å². The molecular weight excluding hydrogens is 311 g/mol. The van der Waals surface area contributed by atoms with Crippen LogP contribution in [-0.4, -0.2) is 23.5 Å². The number of anilines is 1. The first-order valence-electron chi connectivity index (χ1n) is 7.45. The monoisotopic (exact) mass is 325 g/mol. The summed E-state index contributed by atoms with van der Waals surface area (Å²) in [6, 6.07) is 4.34. The van der Waals surface area contributed by atoms with Crippen LogP contribution >= 0.6 is 0 Å². The summed E-state index contributed by atoms with van der Waals surface area (Å²) in [7, 11) is 0. The average Bonchev–Trinajstić information content (AvgIpc) is 3.07. The van der Waals surface area contributed by atoms with E-state index in [1.165, 1.54) is 12.1 Å². The maximum absolute atomic E-state index is 12.9. The highest BCUT2D eigenvalue weighted by Crippen LogP contribution is 2.55. The van der Waals surface area contributed by atoms with E-state index in [1.54, 1.807) is 6.92 Å². The summed E-state index contributed by atoms with van der Waals surface area (Å²) in [4.78, 5) is 26.2. The van der Waals surface area contributed by atoms with E-state index in [0.717, 1.165) is 17.0 Å². The van der Waals surface area contributed by atoms with Crippen molar-refractivity contribution in [2.75, 3.05) is 4.90 Å². The van der Waals surface area contributed by atoms with Crippen molar-refractivity contribution in [3.63, 3.8) is 0 Å². The topological polar surface area (TPSA) is 46.6 Å². The third-order valence-electron chi connectivity index (χ3n) is 5.19. The lowest BCUT2D eigenvalue weighted by atomic mass is 9.74. The van der Waals surface area contributed by atoms with Crippen molar-refractivity contribution in [2.24, 2.45) is 11.8 Å². The van der Waals surface area contributed by atoms with Crippen LogP contribution in [0.25, 0.3) is 0 Å². The summed E-state index contributed by atoms with van der Waals surface area (Å²) in [6.07, 6.45) is -3.44. The average molecular weight is 325 g/mol. The van der Waals surface area contributed by atoms with Crippen LogP contribution in [0, 0.1) is 11.8 Å². The molecule has 122 valence electrons. The molecule has 2 bridgehead atoms. The number of hydrogen-bond acceptors (Lipinski definition) is 3.